The predicted molar refractivity (Wildman–Crippen MR) is 74.6 cm³/mol. The molecule has 0 aliphatic rings. The summed E-state index contributed by atoms with van der Waals surface area (Å²) >= 11 is 1.45. The van der Waals surface area contributed by atoms with Gasteiger partial charge in [0.1, 0.15) is 5.82 Å². The average molecular weight is 256 g/mol. The lowest BCUT2D eigenvalue weighted by molar-refractivity contribution is 0.350. The minimum absolute atomic E-state index is 0.253. The summed E-state index contributed by atoms with van der Waals surface area (Å²) in [7, 11) is 0. The Bertz CT molecular complexity index is 333. The minimum Gasteiger partial charge on any atom is -0.360 e. The highest BCUT2D eigenvalue weighted by atomic mass is 32.1. The molecule has 1 aromatic heterocycles. The molecule has 0 bridgehead atoms. The number of nitrogens with zero attached hydrogens (tertiary/aromatic N) is 2. The molecule has 0 amide bonds. The van der Waals surface area contributed by atoms with Crippen LogP contribution in [-0.4, -0.2) is 22.4 Å². The van der Waals surface area contributed by atoms with Crippen molar-refractivity contribution in [3.05, 3.63) is 5.82 Å². The maximum Gasteiger partial charge on any atom is 0.202 e. The van der Waals surface area contributed by atoms with E-state index in [1.807, 2.05) is 0 Å². The summed E-state index contributed by atoms with van der Waals surface area (Å²) in [6, 6.07) is 0. The fraction of sp³-hybridized carbons (Fsp3) is 0.833. The molecule has 4 nitrogen and oxygen atoms in total. The van der Waals surface area contributed by atoms with Crippen LogP contribution in [0.25, 0.3) is 0 Å². The zero-order valence-electron chi connectivity index (χ0n) is 11.3. The van der Waals surface area contributed by atoms with E-state index in [2.05, 4.69) is 42.4 Å². The average Bonchev–Trinajstić information content (AvgIpc) is 2.73. The molecule has 0 atom stereocenters. The summed E-state index contributed by atoms with van der Waals surface area (Å²) in [6.45, 7) is 10.4. The first-order valence-corrected chi connectivity index (χ1v) is 6.99. The Kier molecular flexibility index (Phi) is 5.33. The third-order valence-corrected chi connectivity index (χ3v) is 3.42. The van der Waals surface area contributed by atoms with Crippen molar-refractivity contribution in [2.45, 2.75) is 46.5 Å². The van der Waals surface area contributed by atoms with Gasteiger partial charge in [-0.3, -0.25) is 0 Å². The standard InChI is InChI=1S/C12H24N4S/c1-9(2)10-15-11(17-16-10)14-8-12(3,4)6-5-7-13/h9H,5-8,13H2,1-4H3,(H,14,15,16). The van der Waals surface area contributed by atoms with Crippen molar-refractivity contribution < 1.29 is 0 Å². The highest BCUT2D eigenvalue weighted by Gasteiger charge is 2.18. The number of nitrogens with two attached hydrogens (primary N) is 1. The largest absolute Gasteiger partial charge is 0.360 e. The number of anilines is 1. The summed E-state index contributed by atoms with van der Waals surface area (Å²) in [5.41, 5.74) is 5.79. The molecule has 0 aliphatic heterocycles. The molecule has 0 aliphatic carbocycles. The number of aromatic nitrogens is 2. The number of nitrogens with one attached hydrogen (secondary N) is 1. The summed E-state index contributed by atoms with van der Waals surface area (Å²) in [4.78, 5) is 4.46. The van der Waals surface area contributed by atoms with E-state index < -0.39 is 0 Å². The third kappa shape index (κ3) is 5.00. The van der Waals surface area contributed by atoms with E-state index in [1.165, 1.54) is 11.5 Å². The maximum absolute atomic E-state index is 5.54. The Morgan fingerprint density at radius 1 is 1.41 bits per heavy atom. The summed E-state index contributed by atoms with van der Waals surface area (Å²) in [6.07, 6.45) is 2.20. The molecule has 5 heteroatoms. The van der Waals surface area contributed by atoms with Crippen LogP contribution < -0.4 is 11.1 Å². The molecule has 1 aromatic rings. The Morgan fingerprint density at radius 2 is 2.12 bits per heavy atom. The molecule has 17 heavy (non-hydrogen) atoms. The minimum atomic E-state index is 0.253. The van der Waals surface area contributed by atoms with Crippen LogP contribution >= 0.6 is 11.5 Å². The van der Waals surface area contributed by atoms with Gasteiger partial charge in [0.05, 0.1) is 0 Å². The molecular formula is C12H24N4S. The van der Waals surface area contributed by atoms with Crippen LogP contribution in [0.5, 0.6) is 0 Å². The van der Waals surface area contributed by atoms with Gasteiger partial charge in [0.2, 0.25) is 5.13 Å². The lowest BCUT2D eigenvalue weighted by Gasteiger charge is -2.24. The van der Waals surface area contributed by atoms with Crippen LogP contribution in [0.4, 0.5) is 5.13 Å². The molecule has 3 N–H and O–H groups in total. The molecule has 98 valence electrons. The molecule has 0 aromatic carbocycles. The Labute approximate surface area is 108 Å². The van der Waals surface area contributed by atoms with Gasteiger partial charge in [-0.05, 0) is 24.8 Å². The van der Waals surface area contributed by atoms with Crippen LogP contribution in [0.15, 0.2) is 0 Å². The molecule has 0 saturated heterocycles. The smallest absolute Gasteiger partial charge is 0.202 e. The van der Waals surface area contributed by atoms with E-state index in [0.717, 1.165) is 36.9 Å². The highest BCUT2D eigenvalue weighted by molar-refractivity contribution is 7.09. The zero-order chi connectivity index (χ0) is 12.9. The van der Waals surface area contributed by atoms with Gasteiger partial charge < -0.3 is 11.1 Å². The van der Waals surface area contributed by atoms with Crippen molar-refractivity contribution in [3.8, 4) is 0 Å². The van der Waals surface area contributed by atoms with Gasteiger partial charge in [0, 0.05) is 24.0 Å². The fourth-order valence-corrected chi connectivity index (χ4v) is 2.23. The van der Waals surface area contributed by atoms with Crippen molar-refractivity contribution in [3.63, 3.8) is 0 Å². The Morgan fingerprint density at radius 3 is 2.65 bits per heavy atom. The third-order valence-electron chi connectivity index (χ3n) is 2.73. The number of hydrogen-bond acceptors (Lipinski definition) is 5. The molecule has 0 saturated carbocycles. The van der Waals surface area contributed by atoms with Gasteiger partial charge in [0.25, 0.3) is 0 Å². The van der Waals surface area contributed by atoms with Gasteiger partial charge >= 0.3 is 0 Å². The highest BCUT2D eigenvalue weighted by Crippen LogP contribution is 2.24. The molecule has 1 heterocycles. The number of rotatable bonds is 7. The van der Waals surface area contributed by atoms with Gasteiger partial charge in [-0.25, -0.2) is 4.98 Å². The first-order valence-electron chi connectivity index (χ1n) is 6.22. The zero-order valence-corrected chi connectivity index (χ0v) is 12.1. The molecular weight excluding hydrogens is 232 g/mol. The molecule has 1 rings (SSSR count). The second-order valence-corrected chi connectivity index (χ2v) is 6.27. The first kappa shape index (κ1) is 14.4. The lowest BCUT2D eigenvalue weighted by Crippen LogP contribution is -2.24. The van der Waals surface area contributed by atoms with E-state index >= 15 is 0 Å². The van der Waals surface area contributed by atoms with Gasteiger partial charge in [-0.2, -0.15) is 4.37 Å². The van der Waals surface area contributed by atoms with E-state index in [9.17, 15) is 0 Å². The number of hydrogen-bond donors (Lipinski definition) is 2. The van der Waals surface area contributed by atoms with Crippen LogP contribution in [-0.2, 0) is 0 Å². The molecule has 0 radical (unpaired) electrons. The normalized spacial score (nSPS) is 12.1. The Hall–Kier alpha value is -0.680. The van der Waals surface area contributed by atoms with Crippen molar-refractivity contribution in [1.82, 2.24) is 9.36 Å². The Balaban J connectivity index is 2.43. The SMILES string of the molecule is CC(C)c1nsc(NCC(C)(C)CCCN)n1. The fourth-order valence-electron chi connectivity index (χ4n) is 1.53. The van der Waals surface area contributed by atoms with E-state index in [0.29, 0.717) is 5.92 Å². The molecule has 0 fully saturated rings. The van der Waals surface area contributed by atoms with Crippen molar-refractivity contribution in [2.24, 2.45) is 11.1 Å². The second kappa shape index (κ2) is 6.31. The van der Waals surface area contributed by atoms with Crippen molar-refractivity contribution in [1.29, 1.82) is 0 Å². The quantitative estimate of drug-likeness (QED) is 0.787. The summed E-state index contributed by atoms with van der Waals surface area (Å²) in [5.74, 6) is 1.32. The van der Waals surface area contributed by atoms with Crippen molar-refractivity contribution in [2.75, 3.05) is 18.4 Å². The van der Waals surface area contributed by atoms with E-state index in [4.69, 9.17) is 5.73 Å². The van der Waals surface area contributed by atoms with Gasteiger partial charge in [-0.15, -0.1) is 0 Å². The monoisotopic (exact) mass is 256 g/mol. The summed E-state index contributed by atoms with van der Waals surface area (Å²) < 4.78 is 4.33. The van der Waals surface area contributed by atoms with Crippen LogP contribution in [0, 0.1) is 5.41 Å². The van der Waals surface area contributed by atoms with E-state index in [1.54, 1.807) is 0 Å². The first-order chi connectivity index (χ1) is 7.94. The van der Waals surface area contributed by atoms with Crippen LogP contribution in [0.1, 0.15) is 52.3 Å². The second-order valence-electron chi connectivity index (χ2n) is 5.52. The van der Waals surface area contributed by atoms with Gasteiger partial charge in [0.15, 0.2) is 0 Å². The van der Waals surface area contributed by atoms with Crippen molar-refractivity contribution >= 4 is 16.7 Å². The van der Waals surface area contributed by atoms with E-state index in [-0.39, 0.29) is 5.41 Å². The topological polar surface area (TPSA) is 63.8 Å². The lowest BCUT2D eigenvalue weighted by atomic mass is 9.88. The maximum atomic E-state index is 5.54. The molecule has 0 unspecified atom stereocenters. The predicted octanol–water partition coefficient (Wildman–Crippen LogP) is 2.84. The van der Waals surface area contributed by atoms with Gasteiger partial charge in [-0.1, -0.05) is 27.7 Å². The van der Waals surface area contributed by atoms with Crippen LogP contribution in [0.2, 0.25) is 0 Å². The summed E-state index contributed by atoms with van der Waals surface area (Å²) in [5, 5.41) is 4.30. The van der Waals surface area contributed by atoms with Crippen LogP contribution in [0.3, 0.4) is 0 Å². The molecule has 0 spiro atoms.